The molecule has 3 N–H and O–H groups in total. The number of carboxylic acid groups (broad SMARTS) is 1. The van der Waals surface area contributed by atoms with Gasteiger partial charge in [0.15, 0.2) is 16.9 Å². The quantitative estimate of drug-likeness (QED) is 0.141. The summed E-state index contributed by atoms with van der Waals surface area (Å²) >= 11 is 3.46. The van der Waals surface area contributed by atoms with Gasteiger partial charge in [0.05, 0.1) is 17.2 Å². The first-order chi connectivity index (χ1) is 21.2. The van der Waals surface area contributed by atoms with E-state index in [-0.39, 0.29) is 5.91 Å². The van der Waals surface area contributed by atoms with E-state index in [2.05, 4.69) is 51.4 Å². The van der Waals surface area contributed by atoms with Gasteiger partial charge in [-0.2, -0.15) is 0 Å². The van der Waals surface area contributed by atoms with Crippen LogP contribution in [0.25, 0.3) is 39.5 Å². The minimum atomic E-state index is -0.985. The largest absolute Gasteiger partial charge is 0.478 e. The van der Waals surface area contributed by atoms with Crippen LogP contribution in [0.2, 0.25) is 0 Å². The van der Waals surface area contributed by atoms with Gasteiger partial charge in [-0.1, -0.05) is 25.0 Å². The molecule has 2 aliphatic carbocycles. The van der Waals surface area contributed by atoms with Gasteiger partial charge in [0.25, 0.3) is 11.7 Å². The summed E-state index contributed by atoms with van der Waals surface area (Å²) in [5.74, 6) is 0.980. The lowest BCUT2D eigenvalue weighted by Gasteiger charge is -2.38. The normalized spacial score (nSPS) is 16.6. The second-order valence-corrected chi connectivity index (χ2v) is 13.0. The molecule has 7 rings (SSSR count). The Kier molecular flexibility index (Phi) is 7.11. The van der Waals surface area contributed by atoms with E-state index in [1.807, 2.05) is 44.4 Å². The number of aryl methyl sites for hydroxylation is 2. The van der Waals surface area contributed by atoms with Gasteiger partial charge in [0.2, 0.25) is 0 Å². The van der Waals surface area contributed by atoms with Crippen molar-refractivity contribution in [2.45, 2.75) is 56.4 Å². The number of rotatable bonds is 7. The third kappa shape index (κ3) is 4.81. The van der Waals surface area contributed by atoms with Gasteiger partial charge >= 0.3 is 5.97 Å². The van der Waals surface area contributed by atoms with Crippen LogP contribution in [0.3, 0.4) is 0 Å². The molecule has 9 nitrogen and oxygen atoms in total. The molecular formula is C34H34BrN6O3+. The molecule has 10 heteroatoms. The summed E-state index contributed by atoms with van der Waals surface area (Å²) in [6, 6.07) is 11.8. The van der Waals surface area contributed by atoms with Crippen LogP contribution in [0.5, 0.6) is 0 Å². The van der Waals surface area contributed by atoms with Gasteiger partial charge < -0.3 is 15.0 Å². The number of benzene rings is 2. The summed E-state index contributed by atoms with van der Waals surface area (Å²) in [6.45, 7) is 0. The molecule has 0 radical (unpaired) electrons. The number of aromatic amines is 1. The van der Waals surface area contributed by atoms with Crippen molar-refractivity contribution in [2.24, 2.45) is 14.1 Å². The zero-order valence-electron chi connectivity index (χ0n) is 24.7. The number of nitrogens with zero attached hydrogens (tertiary/aromatic N) is 4. The van der Waals surface area contributed by atoms with E-state index in [1.165, 1.54) is 18.4 Å². The first-order valence-electron chi connectivity index (χ1n) is 15.1. The first kappa shape index (κ1) is 28.5. The Hall–Kier alpha value is -4.31. The number of imidazole rings is 1. The van der Waals surface area contributed by atoms with Crippen LogP contribution in [-0.2, 0) is 24.4 Å². The number of hydrogen-bond donors (Lipinski definition) is 3. The van der Waals surface area contributed by atoms with Crippen molar-refractivity contribution < 1.29 is 19.3 Å². The van der Waals surface area contributed by atoms with Gasteiger partial charge in [-0.05, 0) is 95.4 Å². The van der Waals surface area contributed by atoms with Gasteiger partial charge in [-0.15, -0.1) is 0 Å². The lowest BCUT2D eigenvalue weighted by atomic mass is 9.75. The van der Waals surface area contributed by atoms with Crippen molar-refractivity contribution in [1.29, 1.82) is 0 Å². The van der Waals surface area contributed by atoms with Crippen molar-refractivity contribution in [2.75, 3.05) is 0 Å². The monoisotopic (exact) mass is 653 g/mol. The van der Waals surface area contributed by atoms with Crippen molar-refractivity contribution in [3.8, 4) is 11.5 Å². The van der Waals surface area contributed by atoms with Crippen molar-refractivity contribution in [3.05, 3.63) is 81.9 Å². The van der Waals surface area contributed by atoms with E-state index in [0.717, 1.165) is 81.7 Å². The molecule has 3 aromatic heterocycles. The zero-order valence-corrected chi connectivity index (χ0v) is 26.3. The number of H-pyrrole nitrogens is 1. The number of fused-ring (bicyclic) bond motifs is 2. The zero-order chi connectivity index (χ0) is 30.6. The molecule has 224 valence electrons. The number of amides is 1. The van der Waals surface area contributed by atoms with E-state index in [9.17, 15) is 9.59 Å². The second kappa shape index (κ2) is 11.0. The predicted molar refractivity (Wildman–Crippen MR) is 172 cm³/mol. The van der Waals surface area contributed by atoms with Crippen LogP contribution >= 0.6 is 15.9 Å². The summed E-state index contributed by atoms with van der Waals surface area (Å²) in [5, 5.41) is 13.6. The predicted octanol–water partition coefficient (Wildman–Crippen LogP) is 6.27. The molecule has 0 unspecified atom stereocenters. The molecule has 2 fully saturated rings. The minimum absolute atomic E-state index is 0.111. The fraction of sp³-hybridized carbons (Fsp3) is 0.324. The van der Waals surface area contributed by atoms with Crippen LogP contribution in [0.1, 0.15) is 78.2 Å². The molecule has 2 saturated carbocycles. The maximum atomic E-state index is 13.9. The highest BCUT2D eigenvalue weighted by molar-refractivity contribution is 9.10. The van der Waals surface area contributed by atoms with Crippen LogP contribution in [-0.4, -0.2) is 36.5 Å². The highest BCUT2D eigenvalue weighted by Gasteiger charge is 2.48. The average molecular weight is 655 g/mol. The van der Waals surface area contributed by atoms with Crippen LogP contribution < -0.4 is 9.88 Å². The van der Waals surface area contributed by atoms with E-state index in [1.54, 1.807) is 18.5 Å². The van der Waals surface area contributed by atoms with Crippen molar-refractivity contribution >= 4 is 55.8 Å². The van der Waals surface area contributed by atoms with E-state index < -0.39 is 11.5 Å². The Labute approximate surface area is 263 Å². The summed E-state index contributed by atoms with van der Waals surface area (Å²) in [5.41, 5.74) is 6.09. The fourth-order valence-electron chi connectivity index (χ4n) is 7.16. The third-order valence-corrected chi connectivity index (χ3v) is 9.91. The number of carbonyl (C=O) groups excluding carboxylic acids is 1. The number of halogens is 1. The maximum Gasteiger partial charge on any atom is 0.328 e. The number of carbonyl (C=O) groups is 2. The van der Waals surface area contributed by atoms with Gasteiger partial charge in [0.1, 0.15) is 5.54 Å². The molecule has 2 aromatic carbocycles. The van der Waals surface area contributed by atoms with Crippen LogP contribution in [0, 0.1) is 0 Å². The summed E-state index contributed by atoms with van der Waals surface area (Å²) in [4.78, 5) is 37.8. The molecular weight excluding hydrogens is 620 g/mol. The number of nitrogens with one attached hydrogen (secondary N) is 2. The summed E-state index contributed by atoms with van der Waals surface area (Å²) in [6.07, 6.45) is 13.7. The highest BCUT2D eigenvalue weighted by Crippen LogP contribution is 2.44. The Bertz CT molecular complexity index is 1960. The molecule has 3 heterocycles. The molecule has 0 spiro atoms. The lowest BCUT2D eigenvalue weighted by molar-refractivity contribution is -0.658. The smallest absolute Gasteiger partial charge is 0.328 e. The van der Waals surface area contributed by atoms with Gasteiger partial charge in [0, 0.05) is 42.0 Å². The SMILES string of the molecule is Cn1c(-c2ncc(Br)cn2)c(C2CCCC2)c2ccc(C(=O)NC3(c4[nH]c5ccc(/C=C/C(=O)O)cc5[n+]4C)CCC3)cc21. The number of hydrogen-bond acceptors (Lipinski definition) is 4. The number of aromatic nitrogens is 5. The number of carboxylic acids is 1. The first-order valence-corrected chi connectivity index (χ1v) is 15.9. The van der Waals surface area contributed by atoms with Crippen molar-refractivity contribution in [3.63, 3.8) is 0 Å². The fourth-order valence-corrected chi connectivity index (χ4v) is 7.36. The van der Waals surface area contributed by atoms with E-state index in [4.69, 9.17) is 5.11 Å². The maximum absolute atomic E-state index is 13.9. The van der Waals surface area contributed by atoms with Crippen LogP contribution in [0.15, 0.2) is 59.3 Å². The van der Waals surface area contributed by atoms with E-state index >= 15 is 0 Å². The molecule has 0 saturated heterocycles. The minimum Gasteiger partial charge on any atom is -0.478 e. The molecule has 44 heavy (non-hydrogen) atoms. The Morgan fingerprint density at radius 2 is 1.86 bits per heavy atom. The van der Waals surface area contributed by atoms with E-state index in [0.29, 0.717) is 17.3 Å². The Balaban J connectivity index is 1.24. The standard InChI is InChI=1S/C34H33BrN6O3/c1-40-26-17-22(10-11-24(26)29(21-6-3-4-7-21)30(40)31-36-18-23(35)19-37-31)32(44)39-34(14-5-15-34)33-38-25-12-8-20(9-13-28(42)43)16-27(25)41(33)2/h8-13,16-19,21H,3-7,14-15H2,1-2H3,(H2,39,42,43,44)/p+1/b13-9+. The summed E-state index contributed by atoms with van der Waals surface area (Å²) in [7, 11) is 4.03. The highest BCUT2D eigenvalue weighted by atomic mass is 79.9. The molecule has 2 aliphatic rings. The van der Waals surface area contributed by atoms with Crippen LogP contribution in [0.4, 0.5) is 0 Å². The second-order valence-electron chi connectivity index (χ2n) is 12.1. The molecule has 0 bridgehead atoms. The summed E-state index contributed by atoms with van der Waals surface area (Å²) < 4.78 is 5.06. The van der Waals surface area contributed by atoms with Gasteiger partial charge in [-0.25, -0.2) is 24.3 Å². The van der Waals surface area contributed by atoms with Crippen molar-refractivity contribution in [1.82, 2.24) is 24.8 Å². The third-order valence-electron chi connectivity index (χ3n) is 9.50. The Morgan fingerprint density at radius 3 is 2.55 bits per heavy atom. The molecule has 5 aromatic rings. The topological polar surface area (TPSA) is 117 Å². The molecule has 1 amide bonds. The lowest BCUT2D eigenvalue weighted by Crippen LogP contribution is -2.56. The van der Waals surface area contributed by atoms with Gasteiger partial charge in [-0.3, -0.25) is 4.79 Å². The number of aliphatic carboxylic acids is 1. The average Bonchev–Trinajstić information content (AvgIpc) is 3.71. The molecule has 0 aliphatic heterocycles. The Morgan fingerprint density at radius 1 is 1.11 bits per heavy atom. The molecule has 0 atom stereocenters.